The van der Waals surface area contributed by atoms with Crippen LogP contribution in [0.2, 0.25) is 5.02 Å². The van der Waals surface area contributed by atoms with Gasteiger partial charge in [-0.3, -0.25) is 4.79 Å². The summed E-state index contributed by atoms with van der Waals surface area (Å²) in [5.41, 5.74) is 1.37. The monoisotopic (exact) mass is 325 g/mol. The molecule has 7 heteroatoms. The zero-order valence-corrected chi connectivity index (χ0v) is 13.1. The highest BCUT2D eigenvalue weighted by Gasteiger charge is 2.09. The summed E-state index contributed by atoms with van der Waals surface area (Å²) in [4.78, 5) is 16.0. The molecule has 112 valence electrons. The number of aromatic nitrogens is 2. The summed E-state index contributed by atoms with van der Waals surface area (Å²) in [6.07, 6.45) is 1.99. The van der Waals surface area contributed by atoms with E-state index in [-0.39, 0.29) is 12.5 Å². The summed E-state index contributed by atoms with van der Waals surface area (Å²) in [5, 5.41) is 13.2. The first-order valence-corrected chi connectivity index (χ1v) is 7.77. The molecule has 1 aromatic carbocycles. The van der Waals surface area contributed by atoms with Gasteiger partial charge in [0.2, 0.25) is 5.91 Å². The predicted molar refractivity (Wildman–Crippen MR) is 84.6 cm³/mol. The number of imidazole rings is 1. The van der Waals surface area contributed by atoms with Gasteiger partial charge in [-0.25, -0.2) is 4.98 Å². The minimum Gasteiger partial charge on any atom is -0.390 e. The third-order valence-electron chi connectivity index (χ3n) is 2.91. The number of carbonyl (C=O) groups excluding carboxylic acids is 1. The lowest BCUT2D eigenvalue weighted by atomic mass is 10.3. The number of halogens is 1. The lowest BCUT2D eigenvalue weighted by molar-refractivity contribution is -0.115. The van der Waals surface area contributed by atoms with E-state index in [0.717, 1.165) is 10.9 Å². The fourth-order valence-corrected chi connectivity index (χ4v) is 2.81. The molecular weight excluding hydrogens is 310 g/mol. The fraction of sp³-hybridized carbons (Fsp3) is 0.286. The van der Waals surface area contributed by atoms with Crippen molar-refractivity contribution >= 4 is 35.0 Å². The van der Waals surface area contributed by atoms with Crippen molar-refractivity contribution in [2.75, 3.05) is 11.1 Å². The van der Waals surface area contributed by atoms with E-state index in [4.69, 9.17) is 16.7 Å². The van der Waals surface area contributed by atoms with Crippen LogP contribution in [0.4, 0.5) is 5.69 Å². The number of carbonyl (C=O) groups is 1. The van der Waals surface area contributed by atoms with Crippen molar-refractivity contribution in [2.45, 2.75) is 18.2 Å². The Kier molecular flexibility index (Phi) is 5.67. The van der Waals surface area contributed by atoms with Crippen LogP contribution in [0.1, 0.15) is 12.1 Å². The summed E-state index contributed by atoms with van der Waals surface area (Å²) in [6.45, 7) is -0.0446. The van der Waals surface area contributed by atoms with Crippen LogP contribution in [-0.2, 0) is 18.4 Å². The molecule has 0 spiro atoms. The van der Waals surface area contributed by atoms with Crippen LogP contribution in [0.15, 0.2) is 35.6 Å². The molecule has 0 saturated carbocycles. The van der Waals surface area contributed by atoms with Gasteiger partial charge in [0.25, 0.3) is 0 Å². The zero-order valence-electron chi connectivity index (χ0n) is 11.5. The Morgan fingerprint density at radius 2 is 2.24 bits per heavy atom. The van der Waals surface area contributed by atoms with Crippen molar-refractivity contribution in [3.63, 3.8) is 0 Å². The summed E-state index contributed by atoms with van der Waals surface area (Å²) >= 11 is 7.45. The quantitative estimate of drug-likeness (QED) is 0.801. The van der Waals surface area contributed by atoms with E-state index in [0.29, 0.717) is 22.9 Å². The maximum Gasteiger partial charge on any atom is 0.225 e. The number of nitrogens with one attached hydrogen (secondary N) is 1. The van der Waals surface area contributed by atoms with Gasteiger partial charge < -0.3 is 15.0 Å². The lowest BCUT2D eigenvalue weighted by Crippen LogP contribution is -2.12. The Morgan fingerprint density at radius 3 is 2.90 bits per heavy atom. The second-order valence-electron chi connectivity index (χ2n) is 4.38. The maximum atomic E-state index is 11.9. The molecule has 0 aliphatic heterocycles. The van der Waals surface area contributed by atoms with Crippen LogP contribution < -0.4 is 5.32 Å². The Morgan fingerprint density at radius 1 is 1.48 bits per heavy atom. The number of para-hydroxylation sites is 1. The number of anilines is 1. The molecule has 1 aromatic heterocycles. The van der Waals surface area contributed by atoms with Gasteiger partial charge in [-0.05, 0) is 12.1 Å². The van der Waals surface area contributed by atoms with Crippen LogP contribution in [-0.4, -0.2) is 26.3 Å². The maximum absolute atomic E-state index is 11.9. The molecule has 0 saturated heterocycles. The van der Waals surface area contributed by atoms with Crippen molar-refractivity contribution in [1.29, 1.82) is 0 Å². The van der Waals surface area contributed by atoms with E-state index in [1.165, 1.54) is 11.8 Å². The van der Waals surface area contributed by atoms with Gasteiger partial charge >= 0.3 is 0 Å². The molecule has 5 nitrogen and oxygen atoms in total. The number of benzene rings is 1. The fourth-order valence-electron chi connectivity index (χ4n) is 1.72. The predicted octanol–water partition coefficient (Wildman–Crippen LogP) is 2.69. The standard InChI is InChI=1S/C14H16ClN3O2S/c1-18-10(9-19)8-16-14(18)21-7-6-13(20)17-12-5-3-2-4-11(12)15/h2-5,8,19H,6-7,9H2,1H3,(H,17,20). The molecule has 1 amide bonds. The van der Waals surface area contributed by atoms with Gasteiger partial charge in [0, 0.05) is 19.2 Å². The average Bonchev–Trinajstić information content (AvgIpc) is 2.82. The molecule has 21 heavy (non-hydrogen) atoms. The number of nitrogens with zero attached hydrogens (tertiary/aromatic N) is 2. The smallest absolute Gasteiger partial charge is 0.225 e. The van der Waals surface area contributed by atoms with E-state index < -0.39 is 0 Å². The van der Waals surface area contributed by atoms with Crippen LogP contribution in [0.3, 0.4) is 0 Å². The largest absolute Gasteiger partial charge is 0.390 e. The SMILES string of the molecule is Cn1c(CO)cnc1SCCC(=O)Nc1ccccc1Cl. The molecule has 0 atom stereocenters. The molecule has 2 aromatic rings. The minimum atomic E-state index is -0.0906. The summed E-state index contributed by atoms with van der Waals surface area (Å²) in [6, 6.07) is 7.13. The Balaban J connectivity index is 1.82. The minimum absolute atomic E-state index is 0.0446. The second kappa shape index (κ2) is 7.49. The Labute approximate surface area is 132 Å². The molecule has 2 N–H and O–H groups in total. The molecule has 0 radical (unpaired) electrons. The van der Waals surface area contributed by atoms with Crippen molar-refractivity contribution in [3.05, 3.63) is 41.2 Å². The number of aliphatic hydroxyl groups excluding tert-OH is 1. The average molecular weight is 326 g/mol. The van der Waals surface area contributed by atoms with Gasteiger partial charge in [-0.1, -0.05) is 35.5 Å². The molecule has 0 unspecified atom stereocenters. The topological polar surface area (TPSA) is 67.1 Å². The highest BCUT2D eigenvalue weighted by Crippen LogP contribution is 2.22. The highest BCUT2D eigenvalue weighted by molar-refractivity contribution is 7.99. The van der Waals surface area contributed by atoms with Gasteiger partial charge in [0.1, 0.15) is 0 Å². The normalized spacial score (nSPS) is 10.6. The summed E-state index contributed by atoms with van der Waals surface area (Å²) in [7, 11) is 1.84. The van der Waals surface area contributed by atoms with E-state index in [1.807, 2.05) is 23.7 Å². The molecule has 0 aliphatic rings. The zero-order chi connectivity index (χ0) is 15.2. The molecule has 1 heterocycles. The Bertz CT molecular complexity index is 630. The van der Waals surface area contributed by atoms with E-state index in [9.17, 15) is 4.79 Å². The highest BCUT2D eigenvalue weighted by atomic mass is 35.5. The molecule has 0 fully saturated rings. The first-order valence-electron chi connectivity index (χ1n) is 6.40. The van der Waals surface area contributed by atoms with E-state index in [2.05, 4.69) is 10.3 Å². The molecule has 0 bridgehead atoms. The number of thioether (sulfide) groups is 1. The van der Waals surface area contributed by atoms with Crippen molar-refractivity contribution in [1.82, 2.24) is 9.55 Å². The Hall–Kier alpha value is -1.50. The summed E-state index contributed by atoms with van der Waals surface area (Å²) in [5.74, 6) is 0.513. The van der Waals surface area contributed by atoms with Crippen LogP contribution in [0.25, 0.3) is 0 Å². The first kappa shape index (κ1) is 15.9. The number of rotatable bonds is 6. The number of amides is 1. The lowest BCUT2D eigenvalue weighted by Gasteiger charge is -2.07. The van der Waals surface area contributed by atoms with Gasteiger partial charge in [0.15, 0.2) is 5.16 Å². The van der Waals surface area contributed by atoms with E-state index in [1.54, 1.807) is 18.3 Å². The third kappa shape index (κ3) is 4.23. The molecule has 0 aliphatic carbocycles. The van der Waals surface area contributed by atoms with Gasteiger partial charge in [0.05, 0.1) is 29.2 Å². The van der Waals surface area contributed by atoms with E-state index >= 15 is 0 Å². The number of aliphatic hydroxyl groups is 1. The van der Waals surface area contributed by atoms with Crippen LogP contribution in [0, 0.1) is 0 Å². The van der Waals surface area contributed by atoms with Crippen LogP contribution >= 0.6 is 23.4 Å². The van der Waals surface area contributed by atoms with Gasteiger partial charge in [-0.2, -0.15) is 0 Å². The third-order valence-corrected chi connectivity index (χ3v) is 4.29. The number of hydrogen-bond donors (Lipinski definition) is 2. The van der Waals surface area contributed by atoms with Crippen molar-refractivity contribution in [3.8, 4) is 0 Å². The van der Waals surface area contributed by atoms with Crippen LogP contribution in [0.5, 0.6) is 0 Å². The summed E-state index contributed by atoms with van der Waals surface area (Å²) < 4.78 is 1.82. The van der Waals surface area contributed by atoms with Crippen molar-refractivity contribution in [2.24, 2.45) is 7.05 Å². The van der Waals surface area contributed by atoms with Gasteiger partial charge in [-0.15, -0.1) is 0 Å². The molecule has 2 rings (SSSR count). The number of hydrogen-bond acceptors (Lipinski definition) is 4. The molecular formula is C14H16ClN3O2S. The second-order valence-corrected chi connectivity index (χ2v) is 5.84. The van der Waals surface area contributed by atoms with Crippen molar-refractivity contribution < 1.29 is 9.90 Å². The first-order chi connectivity index (χ1) is 10.1.